The average Bonchev–Trinajstić information content (AvgIpc) is 3.26. The Morgan fingerprint density at radius 1 is 1.21 bits per heavy atom. The van der Waals surface area contributed by atoms with E-state index in [0.29, 0.717) is 25.7 Å². The largest absolute Gasteiger partial charge is 0.379 e. The van der Waals surface area contributed by atoms with Gasteiger partial charge in [0.1, 0.15) is 5.82 Å². The second kappa shape index (κ2) is 12.5. The standard InChI is InChI=1S/C21H29FN4OS.HI/c1-16(20-7-4-12-28-20)14-24-21(23-2)25-15-19(26-8-10-27-11-9-26)17-5-3-6-18(22)13-17;/h3-7,12-13,16,19H,8-11,14-15H2,1-2H3,(H2,23,24,25);1H. The van der Waals surface area contributed by atoms with Gasteiger partial charge in [-0.1, -0.05) is 25.1 Å². The van der Waals surface area contributed by atoms with Gasteiger partial charge in [-0.05, 0) is 29.1 Å². The molecule has 1 aromatic heterocycles. The number of hydrogen-bond donors (Lipinski definition) is 2. The van der Waals surface area contributed by atoms with Gasteiger partial charge in [0, 0.05) is 44.0 Å². The lowest BCUT2D eigenvalue weighted by molar-refractivity contribution is 0.0169. The first-order chi connectivity index (χ1) is 13.7. The van der Waals surface area contributed by atoms with Crippen LogP contribution in [0.5, 0.6) is 0 Å². The monoisotopic (exact) mass is 532 g/mol. The first kappa shape index (κ1) is 24.0. The highest BCUT2D eigenvalue weighted by atomic mass is 127. The molecule has 1 saturated heterocycles. The van der Waals surface area contributed by atoms with Crippen LogP contribution in [0, 0.1) is 5.82 Å². The molecule has 3 rings (SSSR count). The van der Waals surface area contributed by atoms with E-state index >= 15 is 0 Å². The molecule has 1 aromatic carbocycles. The van der Waals surface area contributed by atoms with E-state index < -0.39 is 0 Å². The maximum absolute atomic E-state index is 13.8. The summed E-state index contributed by atoms with van der Waals surface area (Å²) in [7, 11) is 1.77. The highest BCUT2D eigenvalue weighted by Gasteiger charge is 2.23. The molecule has 0 bridgehead atoms. The van der Waals surface area contributed by atoms with Crippen LogP contribution in [0.4, 0.5) is 4.39 Å². The van der Waals surface area contributed by atoms with Crippen molar-refractivity contribution in [2.75, 3.05) is 46.4 Å². The second-order valence-electron chi connectivity index (χ2n) is 6.97. The highest BCUT2D eigenvalue weighted by molar-refractivity contribution is 14.0. The number of benzene rings is 1. The van der Waals surface area contributed by atoms with Crippen LogP contribution in [0.1, 0.15) is 29.3 Å². The number of thiophene rings is 1. The molecular weight excluding hydrogens is 502 g/mol. The van der Waals surface area contributed by atoms with E-state index in [1.807, 2.05) is 6.07 Å². The van der Waals surface area contributed by atoms with Gasteiger partial charge in [0.25, 0.3) is 0 Å². The number of morpholine rings is 1. The van der Waals surface area contributed by atoms with Crippen LogP contribution in [0.3, 0.4) is 0 Å². The molecule has 1 fully saturated rings. The molecule has 0 aliphatic carbocycles. The summed E-state index contributed by atoms with van der Waals surface area (Å²) < 4.78 is 19.3. The van der Waals surface area contributed by atoms with E-state index in [2.05, 4.69) is 45.0 Å². The van der Waals surface area contributed by atoms with Crippen molar-refractivity contribution in [3.63, 3.8) is 0 Å². The van der Waals surface area contributed by atoms with Crippen LogP contribution in [-0.4, -0.2) is 57.3 Å². The maximum Gasteiger partial charge on any atom is 0.191 e. The van der Waals surface area contributed by atoms with E-state index in [1.165, 1.54) is 10.9 Å². The summed E-state index contributed by atoms with van der Waals surface area (Å²) in [5.74, 6) is 0.970. The molecular formula is C21H30FIN4OS. The number of nitrogens with one attached hydrogen (secondary N) is 2. The second-order valence-corrected chi connectivity index (χ2v) is 7.95. The van der Waals surface area contributed by atoms with Gasteiger partial charge in [0.05, 0.1) is 19.3 Å². The van der Waals surface area contributed by atoms with Gasteiger partial charge in [-0.2, -0.15) is 0 Å². The number of nitrogens with zero attached hydrogens (tertiary/aromatic N) is 2. The average molecular weight is 532 g/mol. The molecule has 0 spiro atoms. The van der Waals surface area contributed by atoms with Crippen molar-refractivity contribution in [3.8, 4) is 0 Å². The fourth-order valence-corrected chi connectivity index (χ4v) is 4.18. The van der Waals surface area contributed by atoms with Crippen LogP contribution in [-0.2, 0) is 4.74 Å². The highest BCUT2D eigenvalue weighted by Crippen LogP contribution is 2.22. The Kier molecular flexibility index (Phi) is 10.3. The molecule has 0 amide bonds. The molecule has 2 aromatic rings. The van der Waals surface area contributed by atoms with Crippen molar-refractivity contribution in [1.82, 2.24) is 15.5 Å². The van der Waals surface area contributed by atoms with Gasteiger partial charge in [0.15, 0.2) is 5.96 Å². The summed E-state index contributed by atoms with van der Waals surface area (Å²) in [6.45, 7) is 6.75. The summed E-state index contributed by atoms with van der Waals surface area (Å²) >= 11 is 1.77. The SMILES string of the molecule is CN=C(NCC(C)c1cccs1)NCC(c1cccc(F)c1)N1CCOCC1.I. The third-order valence-corrected chi connectivity index (χ3v) is 6.11. The molecule has 1 aliphatic rings. The molecule has 160 valence electrons. The quantitative estimate of drug-likeness (QED) is 0.323. The first-order valence-electron chi connectivity index (χ1n) is 9.72. The Bertz CT molecular complexity index is 753. The number of rotatable bonds is 7. The van der Waals surface area contributed by atoms with E-state index in [1.54, 1.807) is 30.5 Å². The normalized spacial score (nSPS) is 17.3. The van der Waals surface area contributed by atoms with E-state index in [4.69, 9.17) is 4.74 Å². The van der Waals surface area contributed by atoms with Crippen molar-refractivity contribution in [1.29, 1.82) is 0 Å². The number of halogens is 2. The minimum Gasteiger partial charge on any atom is -0.379 e. The number of ether oxygens (including phenoxy) is 1. The van der Waals surface area contributed by atoms with Gasteiger partial charge >= 0.3 is 0 Å². The zero-order valence-corrected chi connectivity index (χ0v) is 20.1. The zero-order valence-electron chi connectivity index (χ0n) is 16.9. The maximum atomic E-state index is 13.8. The zero-order chi connectivity index (χ0) is 19.8. The Balaban J connectivity index is 0.00000300. The van der Waals surface area contributed by atoms with Gasteiger partial charge in [0.2, 0.25) is 0 Å². The van der Waals surface area contributed by atoms with Crippen molar-refractivity contribution in [3.05, 3.63) is 58.0 Å². The van der Waals surface area contributed by atoms with Crippen LogP contribution in [0.2, 0.25) is 0 Å². The lowest BCUT2D eigenvalue weighted by Crippen LogP contribution is -2.46. The predicted octanol–water partition coefficient (Wildman–Crippen LogP) is 3.85. The lowest BCUT2D eigenvalue weighted by Gasteiger charge is -2.35. The third-order valence-electron chi connectivity index (χ3n) is 5.01. The lowest BCUT2D eigenvalue weighted by atomic mass is 10.0. The fourth-order valence-electron chi connectivity index (χ4n) is 3.40. The van der Waals surface area contributed by atoms with Crippen LogP contribution >= 0.6 is 35.3 Å². The summed E-state index contributed by atoms with van der Waals surface area (Å²) in [6.07, 6.45) is 0. The molecule has 29 heavy (non-hydrogen) atoms. The van der Waals surface area contributed by atoms with Crippen molar-refractivity contribution >= 4 is 41.3 Å². The molecule has 2 unspecified atom stereocenters. The molecule has 1 aliphatic heterocycles. The Morgan fingerprint density at radius 3 is 2.62 bits per heavy atom. The van der Waals surface area contributed by atoms with E-state index in [0.717, 1.165) is 31.2 Å². The Morgan fingerprint density at radius 2 is 1.97 bits per heavy atom. The molecule has 5 nitrogen and oxygen atoms in total. The Labute approximate surface area is 193 Å². The molecule has 2 N–H and O–H groups in total. The smallest absolute Gasteiger partial charge is 0.191 e. The van der Waals surface area contributed by atoms with Crippen molar-refractivity contribution in [2.45, 2.75) is 18.9 Å². The minimum absolute atomic E-state index is 0. The van der Waals surface area contributed by atoms with Crippen molar-refractivity contribution < 1.29 is 9.13 Å². The first-order valence-corrected chi connectivity index (χ1v) is 10.6. The summed E-state index contributed by atoms with van der Waals surface area (Å²) in [5, 5.41) is 8.93. The van der Waals surface area contributed by atoms with E-state index in [9.17, 15) is 4.39 Å². The molecule has 0 radical (unpaired) electrons. The number of guanidine groups is 1. The van der Waals surface area contributed by atoms with Crippen molar-refractivity contribution in [2.24, 2.45) is 4.99 Å². The van der Waals surface area contributed by atoms with Gasteiger partial charge < -0.3 is 15.4 Å². The van der Waals surface area contributed by atoms with Gasteiger partial charge in [-0.15, -0.1) is 35.3 Å². The van der Waals surface area contributed by atoms with Crippen LogP contribution < -0.4 is 10.6 Å². The molecule has 2 heterocycles. The number of hydrogen-bond acceptors (Lipinski definition) is 4. The van der Waals surface area contributed by atoms with Crippen LogP contribution in [0.25, 0.3) is 0 Å². The molecule has 2 atom stereocenters. The topological polar surface area (TPSA) is 48.9 Å². The molecule has 8 heteroatoms. The predicted molar refractivity (Wildman–Crippen MR) is 129 cm³/mol. The number of aliphatic imine (C=N–C) groups is 1. The fraction of sp³-hybridized carbons (Fsp3) is 0.476. The summed E-state index contributed by atoms with van der Waals surface area (Å²) in [5.41, 5.74) is 0.969. The van der Waals surface area contributed by atoms with Crippen LogP contribution in [0.15, 0.2) is 46.8 Å². The summed E-state index contributed by atoms with van der Waals surface area (Å²) in [6, 6.07) is 11.2. The third kappa shape index (κ3) is 7.20. The summed E-state index contributed by atoms with van der Waals surface area (Å²) in [4.78, 5) is 8.05. The molecule has 0 saturated carbocycles. The Hall–Kier alpha value is -1.23. The van der Waals surface area contributed by atoms with Gasteiger partial charge in [-0.25, -0.2) is 4.39 Å². The van der Waals surface area contributed by atoms with Gasteiger partial charge in [-0.3, -0.25) is 9.89 Å². The minimum atomic E-state index is -0.206. The van der Waals surface area contributed by atoms with E-state index in [-0.39, 0.29) is 35.8 Å².